The molecule has 18 heavy (non-hydrogen) atoms. The second-order valence-electron chi connectivity index (χ2n) is 6.45. The van der Waals surface area contributed by atoms with Crippen LogP contribution in [0.2, 0.25) is 0 Å². The van der Waals surface area contributed by atoms with Crippen LogP contribution in [-0.2, 0) is 4.74 Å². The van der Waals surface area contributed by atoms with Gasteiger partial charge in [0, 0.05) is 0 Å². The van der Waals surface area contributed by atoms with Crippen molar-refractivity contribution in [3.8, 4) is 0 Å². The monoisotopic (exact) mass is 258 g/mol. The summed E-state index contributed by atoms with van der Waals surface area (Å²) in [4.78, 5) is 0. The van der Waals surface area contributed by atoms with Crippen molar-refractivity contribution < 1.29 is 14.9 Å². The molecule has 1 atom stereocenters. The Labute approximate surface area is 112 Å². The highest BCUT2D eigenvalue weighted by molar-refractivity contribution is 4.89. The number of ether oxygens (including phenoxy) is 1. The van der Waals surface area contributed by atoms with Crippen molar-refractivity contribution in [2.75, 3.05) is 6.61 Å². The third-order valence-electron chi connectivity index (χ3n) is 4.08. The quantitative estimate of drug-likeness (QED) is 0.818. The van der Waals surface area contributed by atoms with Crippen LogP contribution in [0.1, 0.15) is 72.1 Å². The van der Waals surface area contributed by atoms with E-state index in [-0.39, 0.29) is 17.8 Å². The molecule has 3 heteroatoms. The molecular weight excluding hydrogens is 228 g/mol. The summed E-state index contributed by atoms with van der Waals surface area (Å²) in [5, 5.41) is 16.0. The Morgan fingerprint density at radius 3 is 1.44 bits per heavy atom. The van der Waals surface area contributed by atoms with Crippen LogP contribution in [0.15, 0.2) is 0 Å². The minimum atomic E-state index is -0.560. The largest absolute Gasteiger partial charge is 0.394 e. The highest BCUT2D eigenvalue weighted by atomic mass is 16.5. The summed E-state index contributed by atoms with van der Waals surface area (Å²) >= 11 is 0. The number of rotatable bonds is 3. The lowest BCUT2D eigenvalue weighted by Gasteiger charge is -2.35. The van der Waals surface area contributed by atoms with Gasteiger partial charge in [-0.3, -0.25) is 0 Å². The predicted molar refractivity (Wildman–Crippen MR) is 73.6 cm³/mol. The van der Waals surface area contributed by atoms with Crippen LogP contribution in [-0.4, -0.2) is 34.1 Å². The first-order chi connectivity index (χ1) is 8.39. The summed E-state index contributed by atoms with van der Waals surface area (Å²) in [6.07, 6.45) is 10.0. The molecule has 0 aromatic heterocycles. The molecule has 2 aliphatic rings. The SMILES string of the molecule is CC(O)CO.CC1(OC2(C)CCCC2)CCCC1. The summed E-state index contributed by atoms with van der Waals surface area (Å²) in [5.41, 5.74) is 0.443. The molecule has 0 bridgehead atoms. The highest BCUT2D eigenvalue weighted by Crippen LogP contribution is 2.41. The summed E-state index contributed by atoms with van der Waals surface area (Å²) in [5.74, 6) is 0. The van der Waals surface area contributed by atoms with Crippen LogP contribution in [0, 0.1) is 0 Å². The molecule has 2 fully saturated rings. The van der Waals surface area contributed by atoms with Gasteiger partial charge in [-0.05, 0) is 46.5 Å². The van der Waals surface area contributed by atoms with Crippen LogP contribution < -0.4 is 0 Å². The highest BCUT2D eigenvalue weighted by Gasteiger charge is 2.39. The van der Waals surface area contributed by atoms with Gasteiger partial charge in [-0.25, -0.2) is 0 Å². The molecular formula is C15H30O3. The van der Waals surface area contributed by atoms with Gasteiger partial charge in [0.15, 0.2) is 0 Å². The maximum absolute atomic E-state index is 8.11. The zero-order valence-electron chi connectivity index (χ0n) is 12.2. The summed E-state index contributed by atoms with van der Waals surface area (Å²) in [6, 6.07) is 0. The molecule has 1 unspecified atom stereocenters. The summed E-state index contributed by atoms with van der Waals surface area (Å²) in [7, 11) is 0. The fourth-order valence-corrected chi connectivity index (χ4v) is 3.04. The van der Waals surface area contributed by atoms with Crippen molar-refractivity contribution in [3.05, 3.63) is 0 Å². The van der Waals surface area contributed by atoms with E-state index in [0.717, 1.165) is 0 Å². The van der Waals surface area contributed by atoms with Crippen molar-refractivity contribution in [1.29, 1.82) is 0 Å². The van der Waals surface area contributed by atoms with Gasteiger partial charge in [0.05, 0.1) is 23.9 Å². The van der Waals surface area contributed by atoms with E-state index in [2.05, 4.69) is 13.8 Å². The second-order valence-corrected chi connectivity index (χ2v) is 6.45. The Hall–Kier alpha value is -0.120. The van der Waals surface area contributed by atoms with Crippen LogP contribution in [0.25, 0.3) is 0 Å². The minimum Gasteiger partial charge on any atom is -0.394 e. The van der Waals surface area contributed by atoms with Crippen molar-refractivity contribution >= 4 is 0 Å². The number of aliphatic hydroxyl groups is 2. The molecule has 0 saturated heterocycles. The number of aliphatic hydroxyl groups excluding tert-OH is 2. The molecule has 0 aromatic carbocycles. The lowest BCUT2D eigenvalue weighted by Crippen LogP contribution is -2.37. The van der Waals surface area contributed by atoms with Crippen molar-refractivity contribution in [2.45, 2.75) is 89.4 Å². The first kappa shape index (κ1) is 15.9. The van der Waals surface area contributed by atoms with E-state index in [1.807, 2.05) is 0 Å². The molecule has 3 nitrogen and oxygen atoms in total. The van der Waals surface area contributed by atoms with Gasteiger partial charge in [-0.15, -0.1) is 0 Å². The lowest BCUT2D eigenvalue weighted by molar-refractivity contribution is -0.133. The number of hydrogen-bond acceptors (Lipinski definition) is 3. The molecule has 2 N–H and O–H groups in total. The minimum absolute atomic E-state index is 0.139. The van der Waals surface area contributed by atoms with E-state index in [4.69, 9.17) is 14.9 Å². The van der Waals surface area contributed by atoms with Crippen LogP contribution in [0.3, 0.4) is 0 Å². The Bertz CT molecular complexity index is 206. The van der Waals surface area contributed by atoms with E-state index < -0.39 is 6.10 Å². The van der Waals surface area contributed by atoms with E-state index in [9.17, 15) is 0 Å². The van der Waals surface area contributed by atoms with Gasteiger partial charge in [0.1, 0.15) is 0 Å². The van der Waals surface area contributed by atoms with Crippen LogP contribution in [0.5, 0.6) is 0 Å². The molecule has 0 radical (unpaired) electrons. The van der Waals surface area contributed by atoms with E-state index >= 15 is 0 Å². The first-order valence-electron chi connectivity index (χ1n) is 7.38. The predicted octanol–water partition coefficient (Wildman–Crippen LogP) is 3.03. The molecule has 0 aliphatic heterocycles. The third-order valence-corrected chi connectivity index (χ3v) is 4.08. The normalized spacial score (nSPS) is 26.5. The molecule has 0 amide bonds. The second kappa shape index (κ2) is 6.88. The average molecular weight is 258 g/mol. The molecule has 2 saturated carbocycles. The van der Waals surface area contributed by atoms with Crippen molar-refractivity contribution in [3.63, 3.8) is 0 Å². The molecule has 2 aliphatic carbocycles. The van der Waals surface area contributed by atoms with E-state index in [0.29, 0.717) is 0 Å². The maximum atomic E-state index is 8.11. The van der Waals surface area contributed by atoms with Gasteiger partial charge in [0.2, 0.25) is 0 Å². The van der Waals surface area contributed by atoms with E-state index in [1.54, 1.807) is 0 Å². The molecule has 0 heterocycles. The van der Waals surface area contributed by atoms with Crippen molar-refractivity contribution in [2.24, 2.45) is 0 Å². The van der Waals surface area contributed by atoms with Crippen LogP contribution >= 0.6 is 0 Å². The molecule has 2 rings (SSSR count). The Morgan fingerprint density at radius 1 is 0.944 bits per heavy atom. The maximum Gasteiger partial charge on any atom is 0.0742 e. The summed E-state index contributed by atoms with van der Waals surface area (Å²) < 4.78 is 6.35. The van der Waals surface area contributed by atoms with Gasteiger partial charge in [-0.1, -0.05) is 25.7 Å². The zero-order valence-corrected chi connectivity index (χ0v) is 12.2. The molecule has 108 valence electrons. The zero-order chi connectivity index (χ0) is 13.6. The Kier molecular flexibility index (Phi) is 6.09. The van der Waals surface area contributed by atoms with E-state index in [1.165, 1.54) is 58.3 Å². The Balaban J connectivity index is 0.000000280. The third kappa shape index (κ3) is 5.25. The fraction of sp³-hybridized carbons (Fsp3) is 1.00. The van der Waals surface area contributed by atoms with Crippen molar-refractivity contribution in [1.82, 2.24) is 0 Å². The smallest absolute Gasteiger partial charge is 0.0742 e. The molecule has 0 spiro atoms. The van der Waals surface area contributed by atoms with Gasteiger partial charge in [-0.2, -0.15) is 0 Å². The van der Waals surface area contributed by atoms with Gasteiger partial charge >= 0.3 is 0 Å². The fourth-order valence-electron chi connectivity index (χ4n) is 3.04. The lowest BCUT2D eigenvalue weighted by atomic mass is 10.00. The average Bonchev–Trinajstić information content (AvgIpc) is 2.89. The van der Waals surface area contributed by atoms with Gasteiger partial charge < -0.3 is 14.9 Å². The Morgan fingerprint density at radius 2 is 1.22 bits per heavy atom. The standard InChI is InChI=1S/C12H22O.C3H8O2/c1-11(7-3-4-8-11)13-12(2)9-5-6-10-12;1-3(5)2-4/h3-10H2,1-2H3;3-5H,2H2,1H3. The van der Waals surface area contributed by atoms with Gasteiger partial charge in [0.25, 0.3) is 0 Å². The number of hydrogen-bond donors (Lipinski definition) is 2. The first-order valence-corrected chi connectivity index (χ1v) is 7.38. The summed E-state index contributed by atoms with van der Waals surface area (Å²) in [6.45, 7) is 6.01. The molecule has 0 aromatic rings. The van der Waals surface area contributed by atoms with Crippen LogP contribution in [0.4, 0.5) is 0 Å². The topological polar surface area (TPSA) is 49.7 Å².